The van der Waals surface area contributed by atoms with Crippen LogP contribution in [-0.4, -0.2) is 10.1 Å². The van der Waals surface area contributed by atoms with Crippen LogP contribution in [0.5, 0.6) is 5.75 Å². The van der Waals surface area contributed by atoms with Crippen molar-refractivity contribution in [1.29, 1.82) is 0 Å². The third-order valence-corrected chi connectivity index (χ3v) is 2.64. The largest absolute Gasteiger partial charge is 0.506 e. The maximum atomic E-state index is 9.49. The van der Waals surface area contributed by atoms with Crippen molar-refractivity contribution in [3.05, 3.63) is 35.3 Å². The van der Waals surface area contributed by atoms with Crippen LogP contribution in [0.2, 0.25) is 0 Å². The van der Waals surface area contributed by atoms with Crippen LogP contribution in [0.1, 0.15) is 5.69 Å². The number of aromatic hydroxyl groups is 1. The predicted molar refractivity (Wildman–Crippen MR) is 58.2 cm³/mol. The fraction of sp³-hybridized carbons (Fsp3) is 0.100. The Labute approximate surface area is 86.1 Å². The molecule has 0 amide bonds. The summed E-state index contributed by atoms with van der Waals surface area (Å²) in [7, 11) is 0. The number of benzene rings is 1. The molecule has 4 heteroatoms. The Morgan fingerprint density at radius 3 is 2.79 bits per heavy atom. The van der Waals surface area contributed by atoms with Crippen LogP contribution in [-0.2, 0) is 0 Å². The number of hydrogen-bond acceptors (Lipinski definition) is 4. The lowest BCUT2D eigenvalue weighted by Gasteiger charge is -2.03. The fourth-order valence-corrected chi connectivity index (χ4v) is 1.81. The third kappa shape index (κ3) is 1.85. The van der Waals surface area contributed by atoms with Gasteiger partial charge in [-0.3, -0.25) is 0 Å². The molecule has 0 saturated heterocycles. The van der Waals surface area contributed by atoms with Gasteiger partial charge in [-0.2, -0.15) is 0 Å². The Kier molecular flexibility index (Phi) is 2.37. The predicted octanol–water partition coefficient (Wildman–Crippen LogP) is 2.90. The number of anilines is 2. The molecule has 2 aromatic rings. The standard InChI is InChI=1S/C10H10N2OS/c1-7-6-14-10(11-7)12-8-4-2-3-5-9(8)13/h2-6,13H,1H3,(H,11,12). The van der Waals surface area contributed by atoms with E-state index in [1.165, 1.54) is 11.3 Å². The molecule has 0 fully saturated rings. The van der Waals surface area contributed by atoms with E-state index < -0.39 is 0 Å². The zero-order valence-electron chi connectivity index (χ0n) is 7.69. The number of phenols is 1. The summed E-state index contributed by atoms with van der Waals surface area (Å²) in [4.78, 5) is 4.24. The van der Waals surface area contributed by atoms with E-state index in [4.69, 9.17) is 0 Å². The highest BCUT2D eigenvalue weighted by molar-refractivity contribution is 7.13. The molecular formula is C10H10N2OS. The van der Waals surface area contributed by atoms with Gasteiger partial charge in [0, 0.05) is 5.38 Å². The Balaban J connectivity index is 2.23. The minimum atomic E-state index is 0.236. The van der Waals surface area contributed by atoms with Crippen LogP contribution in [0.4, 0.5) is 10.8 Å². The van der Waals surface area contributed by atoms with Gasteiger partial charge in [0.25, 0.3) is 0 Å². The van der Waals surface area contributed by atoms with E-state index in [0.717, 1.165) is 10.8 Å². The first kappa shape index (κ1) is 9.02. The first-order chi connectivity index (χ1) is 6.75. The first-order valence-electron chi connectivity index (χ1n) is 4.23. The van der Waals surface area contributed by atoms with Gasteiger partial charge in [0.1, 0.15) is 5.75 Å². The maximum absolute atomic E-state index is 9.49. The molecular weight excluding hydrogens is 196 g/mol. The van der Waals surface area contributed by atoms with Crippen molar-refractivity contribution in [1.82, 2.24) is 4.98 Å². The molecule has 14 heavy (non-hydrogen) atoms. The summed E-state index contributed by atoms with van der Waals surface area (Å²) in [5.41, 5.74) is 1.66. The SMILES string of the molecule is Cc1csc(Nc2ccccc2O)n1. The van der Waals surface area contributed by atoms with Crippen molar-refractivity contribution in [2.24, 2.45) is 0 Å². The van der Waals surface area contributed by atoms with Crippen molar-refractivity contribution in [2.75, 3.05) is 5.32 Å². The van der Waals surface area contributed by atoms with Gasteiger partial charge in [-0.05, 0) is 19.1 Å². The molecule has 1 heterocycles. The normalized spacial score (nSPS) is 10.1. The Hall–Kier alpha value is -1.55. The summed E-state index contributed by atoms with van der Waals surface area (Å²) < 4.78 is 0. The highest BCUT2D eigenvalue weighted by atomic mass is 32.1. The average Bonchev–Trinajstić information content (AvgIpc) is 2.56. The van der Waals surface area contributed by atoms with Crippen molar-refractivity contribution in [3.8, 4) is 5.75 Å². The molecule has 0 aliphatic heterocycles. The minimum Gasteiger partial charge on any atom is -0.506 e. The zero-order valence-corrected chi connectivity index (χ0v) is 8.51. The highest BCUT2D eigenvalue weighted by Crippen LogP contribution is 2.27. The number of aryl methyl sites for hydroxylation is 1. The number of thiazole rings is 1. The van der Waals surface area contributed by atoms with Crippen LogP contribution >= 0.6 is 11.3 Å². The molecule has 1 aromatic heterocycles. The van der Waals surface area contributed by atoms with E-state index in [9.17, 15) is 5.11 Å². The molecule has 0 atom stereocenters. The fourth-order valence-electron chi connectivity index (χ4n) is 1.11. The summed E-state index contributed by atoms with van der Waals surface area (Å²) >= 11 is 1.52. The van der Waals surface area contributed by atoms with Crippen molar-refractivity contribution in [3.63, 3.8) is 0 Å². The van der Waals surface area contributed by atoms with Gasteiger partial charge in [-0.25, -0.2) is 4.98 Å². The van der Waals surface area contributed by atoms with E-state index >= 15 is 0 Å². The molecule has 0 saturated carbocycles. The van der Waals surface area contributed by atoms with Crippen LogP contribution in [0, 0.1) is 6.92 Å². The van der Waals surface area contributed by atoms with Gasteiger partial charge in [0.2, 0.25) is 0 Å². The van der Waals surface area contributed by atoms with E-state index in [-0.39, 0.29) is 5.75 Å². The number of para-hydroxylation sites is 2. The monoisotopic (exact) mass is 206 g/mol. The second-order valence-corrected chi connectivity index (χ2v) is 3.79. The van der Waals surface area contributed by atoms with Gasteiger partial charge in [0.15, 0.2) is 5.13 Å². The number of hydrogen-bond donors (Lipinski definition) is 2. The smallest absolute Gasteiger partial charge is 0.187 e. The molecule has 1 aromatic carbocycles. The van der Waals surface area contributed by atoms with Crippen molar-refractivity contribution >= 4 is 22.2 Å². The third-order valence-electron chi connectivity index (χ3n) is 1.76. The molecule has 3 nitrogen and oxygen atoms in total. The average molecular weight is 206 g/mol. The number of nitrogens with one attached hydrogen (secondary N) is 1. The minimum absolute atomic E-state index is 0.236. The molecule has 2 rings (SSSR count). The topological polar surface area (TPSA) is 45.1 Å². The van der Waals surface area contributed by atoms with Crippen LogP contribution < -0.4 is 5.32 Å². The van der Waals surface area contributed by atoms with Gasteiger partial charge in [0.05, 0.1) is 11.4 Å². The lowest BCUT2D eigenvalue weighted by Crippen LogP contribution is -1.89. The van der Waals surface area contributed by atoms with Crippen LogP contribution in [0.15, 0.2) is 29.6 Å². The lowest BCUT2D eigenvalue weighted by atomic mass is 10.3. The molecule has 2 N–H and O–H groups in total. The van der Waals surface area contributed by atoms with Gasteiger partial charge in [-0.1, -0.05) is 12.1 Å². The maximum Gasteiger partial charge on any atom is 0.187 e. The molecule has 72 valence electrons. The second-order valence-electron chi connectivity index (χ2n) is 2.94. The van der Waals surface area contributed by atoms with Gasteiger partial charge >= 0.3 is 0 Å². The molecule has 0 spiro atoms. The number of aromatic nitrogens is 1. The summed E-state index contributed by atoms with van der Waals surface area (Å²) in [6.45, 7) is 1.94. The highest BCUT2D eigenvalue weighted by Gasteiger charge is 2.02. The summed E-state index contributed by atoms with van der Waals surface area (Å²) in [5.74, 6) is 0.236. The van der Waals surface area contributed by atoms with E-state index in [0.29, 0.717) is 5.69 Å². The van der Waals surface area contributed by atoms with E-state index in [2.05, 4.69) is 10.3 Å². The molecule has 0 radical (unpaired) electrons. The lowest BCUT2D eigenvalue weighted by molar-refractivity contribution is 0.478. The summed E-state index contributed by atoms with van der Waals surface area (Å²) in [6, 6.07) is 7.10. The van der Waals surface area contributed by atoms with Crippen LogP contribution in [0.25, 0.3) is 0 Å². The van der Waals surface area contributed by atoms with Gasteiger partial charge < -0.3 is 10.4 Å². The van der Waals surface area contributed by atoms with E-state index in [1.54, 1.807) is 12.1 Å². The zero-order chi connectivity index (χ0) is 9.97. The molecule has 0 aliphatic rings. The Bertz CT molecular complexity index is 439. The number of nitrogens with zero attached hydrogens (tertiary/aromatic N) is 1. The van der Waals surface area contributed by atoms with Crippen molar-refractivity contribution < 1.29 is 5.11 Å². The quantitative estimate of drug-likeness (QED) is 0.742. The Morgan fingerprint density at radius 1 is 1.36 bits per heavy atom. The second kappa shape index (κ2) is 3.67. The van der Waals surface area contributed by atoms with E-state index in [1.807, 2.05) is 24.4 Å². The first-order valence-corrected chi connectivity index (χ1v) is 5.11. The number of phenolic OH excluding ortho intramolecular Hbond substituents is 1. The van der Waals surface area contributed by atoms with Crippen molar-refractivity contribution in [2.45, 2.75) is 6.92 Å². The number of rotatable bonds is 2. The summed E-state index contributed by atoms with van der Waals surface area (Å²) in [6.07, 6.45) is 0. The molecule has 0 bridgehead atoms. The van der Waals surface area contributed by atoms with Crippen LogP contribution in [0.3, 0.4) is 0 Å². The molecule has 0 unspecified atom stereocenters. The molecule has 0 aliphatic carbocycles. The summed E-state index contributed by atoms with van der Waals surface area (Å²) in [5, 5.41) is 15.3. The Morgan fingerprint density at radius 2 is 2.14 bits per heavy atom. The van der Waals surface area contributed by atoms with Gasteiger partial charge in [-0.15, -0.1) is 11.3 Å².